The number of fused-ring (bicyclic) bond motifs is 2. The van der Waals surface area contributed by atoms with E-state index in [4.69, 9.17) is 5.73 Å². The number of hydrogen-bond donors (Lipinski definition) is 1. The zero-order valence-electron chi connectivity index (χ0n) is 9.74. The van der Waals surface area contributed by atoms with E-state index in [9.17, 15) is 0 Å². The van der Waals surface area contributed by atoms with Gasteiger partial charge in [-0.1, -0.05) is 13.8 Å². The summed E-state index contributed by atoms with van der Waals surface area (Å²) in [6.07, 6.45) is 5.49. The van der Waals surface area contributed by atoms with Crippen molar-refractivity contribution >= 4 is 0 Å². The second-order valence-electron chi connectivity index (χ2n) is 5.60. The Bertz CT molecular complexity index is 188. The van der Waals surface area contributed by atoms with Crippen molar-refractivity contribution in [3.63, 3.8) is 0 Å². The summed E-state index contributed by atoms with van der Waals surface area (Å²) in [5.74, 6) is 1.42. The van der Waals surface area contributed by atoms with E-state index < -0.39 is 0 Å². The molecule has 2 rings (SSSR count). The molecule has 3 unspecified atom stereocenters. The second kappa shape index (κ2) is 3.82. The molecule has 0 saturated carbocycles. The van der Waals surface area contributed by atoms with E-state index in [2.05, 4.69) is 25.8 Å². The lowest BCUT2D eigenvalue weighted by atomic mass is 9.81. The molecule has 14 heavy (non-hydrogen) atoms. The van der Waals surface area contributed by atoms with Gasteiger partial charge in [-0.15, -0.1) is 0 Å². The predicted molar refractivity (Wildman–Crippen MR) is 60.1 cm³/mol. The van der Waals surface area contributed by atoms with E-state index in [-0.39, 0.29) is 0 Å². The summed E-state index contributed by atoms with van der Waals surface area (Å²) < 4.78 is 0. The number of piperidine rings is 1. The van der Waals surface area contributed by atoms with Crippen LogP contribution in [-0.2, 0) is 0 Å². The maximum Gasteiger partial charge on any atom is 0.00989 e. The highest BCUT2D eigenvalue weighted by atomic mass is 15.2. The first kappa shape index (κ1) is 10.4. The largest absolute Gasteiger partial charge is 0.327 e. The molecular weight excluding hydrogens is 172 g/mol. The van der Waals surface area contributed by atoms with Gasteiger partial charge in [0, 0.05) is 18.1 Å². The van der Waals surface area contributed by atoms with Gasteiger partial charge in [0.1, 0.15) is 0 Å². The Morgan fingerprint density at radius 2 is 1.64 bits per heavy atom. The minimum absolute atomic E-state index is 0.423. The van der Waals surface area contributed by atoms with E-state index in [1.54, 1.807) is 0 Å². The SMILES string of the molecule is CC(C)C(N)C1CC2CCC(C1)N2C. The molecule has 3 atom stereocenters. The van der Waals surface area contributed by atoms with Gasteiger partial charge >= 0.3 is 0 Å². The molecule has 82 valence electrons. The molecular formula is C12H24N2. The molecule has 2 nitrogen and oxygen atoms in total. The lowest BCUT2D eigenvalue weighted by Crippen LogP contribution is -2.47. The number of rotatable bonds is 2. The first-order chi connectivity index (χ1) is 6.59. The van der Waals surface area contributed by atoms with Crippen LogP contribution in [0.2, 0.25) is 0 Å². The Hall–Kier alpha value is -0.0800. The van der Waals surface area contributed by atoms with Crippen LogP contribution in [0.4, 0.5) is 0 Å². The van der Waals surface area contributed by atoms with Crippen LogP contribution in [0.1, 0.15) is 39.5 Å². The molecule has 2 heteroatoms. The van der Waals surface area contributed by atoms with Crippen molar-refractivity contribution in [2.45, 2.75) is 57.7 Å². The third-order valence-corrected chi connectivity index (χ3v) is 4.45. The summed E-state index contributed by atoms with van der Waals surface area (Å²) >= 11 is 0. The van der Waals surface area contributed by atoms with Crippen molar-refractivity contribution in [2.75, 3.05) is 7.05 Å². The van der Waals surface area contributed by atoms with Gasteiger partial charge in [0.25, 0.3) is 0 Å². The molecule has 0 aromatic carbocycles. The number of hydrogen-bond acceptors (Lipinski definition) is 2. The van der Waals surface area contributed by atoms with E-state index in [1.807, 2.05) is 0 Å². The van der Waals surface area contributed by atoms with E-state index >= 15 is 0 Å². The van der Waals surface area contributed by atoms with Gasteiger partial charge in [0.2, 0.25) is 0 Å². The van der Waals surface area contributed by atoms with Crippen molar-refractivity contribution < 1.29 is 0 Å². The van der Waals surface area contributed by atoms with Crippen LogP contribution in [0.5, 0.6) is 0 Å². The van der Waals surface area contributed by atoms with Crippen LogP contribution in [0, 0.1) is 11.8 Å². The molecule has 2 fully saturated rings. The third-order valence-electron chi connectivity index (χ3n) is 4.45. The molecule has 0 aromatic heterocycles. The fourth-order valence-electron chi connectivity index (χ4n) is 3.31. The normalized spacial score (nSPS) is 40.5. The molecule has 2 bridgehead atoms. The molecule has 2 aliphatic rings. The van der Waals surface area contributed by atoms with Gasteiger partial charge in [-0.3, -0.25) is 0 Å². The quantitative estimate of drug-likeness (QED) is 0.730. The molecule has 2 aliphatic heterocycles. The Morgan fingerprint density at radius 1 is 1.14 bits per heavy atom. The monoisotopic (exact) mass is 196 g/mol. The molecule has 0 amide bonds. The lowest BCUT2D eigenvalue weighted by Gasteiger charge is -2.39. The summed E-state index contributed by atoms with van der Waals surface area (Å²) in [5, 5.41) is 0. The third kappa shape index (κ3) is 1.70. The van der Waals surface area contributed by atoms with Crippen molar-refractivity contribution in [3.05, 3.63) is 0 Å². The minimum atomic E-state index is 0.423. The van der Waals surface area contributed by atoms with Crippen LogP contribution in [0.3, 0.4) is 0 Å². The average molecular weight is 196 g/mol. The van der Waals surface area contributed by atoms with Crippen molar-refractivity contribution in [1.82, 2.24) is 4.90 Å². The van der Waals surface area contributed by atoms with Crippen molar-refractivity contribution in [1.29, 1.82) is 0 Å². The van der Waals surface area contributed by atoms with Gasteiger partial charge in [-0.2, -0.15) is 0 Å². The Morgan fingerprint density at radius 3 is 2.07 bits per heavy atom. The summed E-state index contributed by atoms with van der Waals surface area (Å²) in [6, 6.07) is 2.10. The molecule has 0 aromatic rings. The van der Waals surface area contributed by atoms with E-state index in [0.717, 1.165) is 18.0 Å². The van der Waals surface area contributed by atoms with Gasteiger partial charge in [-0.25, -0.2) is 0 Å². The van der Waals surface area contributed by atoms with Crippen LogP contribution in [0.15, 0.2) is 0 Å². The summed E-state index contributed by atoms with van der Waals surface area (Å²) in [4.78, 5) is 2.59. The summed E-state index contributed by atoms with van der Waals surface area (Å²) in [5.41, 5.74) is 6.27. The maximum absolute atomic E-state index is 6.27. The van der Waals surface area contributed by atoms with Crippen molar-refractivity contribution in [2.24, 2.45) is 17.6 Å². The van der Waals surface area contributed by atoms with Gasteiger partial charge in [0.05, 0.1) is 0 Å². The number of nitrogens with two attached hydrogens (primary N) is 1. The number of nitrogens with zero attached hydrogens (tertiary/aromatic N) is 1. The predicted octanol–water partition coefficient (Wildman–Crippen LogP) is 1.84. The zero-order chi connectivity index (χ0) is 10.3. The maximum atomic E-state index is 6.27. The molecule has 0 spiro atoms. The van der Waals surface area contributed by atoms with E-state index in [0.29, 0.717) is 12.0 Å². The smallest absolute Gasteiger partial charge is 0.00989 e. The molecule has 2 N–H and O–H groups in total. The molecule has 0 radical (unpaired) electrons. The highest BCUT2D eigenvalue weighted by Crippen LogP contribution is 2.39. The topological polar surface area (TPSA) is 29.3 Å². The fourth-order valence-corrected chi connectivity index (χ4v) is 3.31. The zero-order valence-corrected chi connectivity index (χ0v) is 9.74. The molecule has 0 aliphatic carbocycles. The van der Waals surface area contributed by atoms with E-state index in [1.165, 1.54) is 25.7 Å². The van der Waals surface area contributed by atoms with Gasteiger partial charge in [0.15, 0.2) is 0 Å². The summed E-state index contributed by atoms with van der Waals surface area (Å²) in [7, 11) is 2.29. The Balaban J connectivity index is 1.99. The highest BCUT2D eigenvalue weighted by Gasteiger charge is 2.40. The highest BCUT2D eigenvalue weighted by molar-refractivity contribution is 4.96. The van der Waals surface area contributed by atoms with Gasteiger partial charge < -0.3 is 10.6 Å². The Kier molecular flexibility index (Phi) is 2.85. The Labute approximate surface area is 87.8 Å². The molecule has 2 heterocycles. The van der Waals surface area contributed by atoms with Crippen LogP contribution >= 0.6 is 0 Å². The van der Waals surface area contributed by atoms with Crippen LogP contribution in [0.25, 0.3) is 0 Å². The van der Waals surface area contributed by atoms with Crippen LogP contribution in [-0.4, -0.2) is 30.1 Å². The minimum Gasteiger partial charge on any atom is -0.327 e. The average Bonchev–Trinajstić information content (AvgIpc) is 2.42. The summed E-state index contributed by atoms with van der Waals surface area (Å²) in [6.45, 7) is 4.51. The first-order valence-electron chi connectivity index (χ1n) is 6.07. The standard InChI is InChI=1S/C12H24N2/c1-8(2)12(13)9-6-10-4-5-11(7-9)14(10)3/h8-12H,4-7,13H2,1-3H3. The molecule has 2 saturated heterocycles. The fraction of sp³-hybridized carbons (Fsp3) is 1.00. The van der Waals surface area contributed by atoms with Crippen LogP contribution < -0.4 is 5.73 Å². The first-order valence-corrected chi connectivity index (χ1v) is 6.07. The second-order valence-corrected chi connectivity index (χ2v) is 5.60. The lowest BCUT2D eigenvalue weighted by molar-refractivity contribution is 0.111. The van der Waals surface area contributed by atoms with Gasteiger partial charge in [-0.05, 0) is 44.6 Å². The van der Waals surface area contributed by atoms with Crippen molar-refractivity contribution in [3.8, 4) is 0 Å².